The van der Waals surface area contributed by atoms with E-state index >= 15 is 0 Å². The van der Waals surface area contributed by atoms with Gasteiger partial charge in [0.2, 0.25) is 0 Å². The molecule has 1 fully saturated rings. The van der Waals surface area contributed by atoms with Gasteiger partial charge in [-0.1, -0.05) is 26.0 Å². The fourth-order valence-electron chi connectivity index (χ4n) is 3.77. The van der Waals surface area contributed by atoms with Gasteiger partial charge in [0.1, 0.15) is 17.2 Å². The highest BCUT2D eigenvalue weighted by molar-refractivity contribution is 5.92. The maximum Gasteiger partial charge on any atom is 0.410 e. The van der Waals surface area contributed by atoms with Crippen molar-refractivity contribution < 1.29 is 23.8 Å². The van der Waals surface area contributed by atoms with Gasteiger partial charge in [0.15, 0.2) is 5.69 Å². The van der Waals surface area contributed by atoms with Crippen LogP contribution in [0.25, 0.3) is 0 Å². The van der Waals surface area contributed by atoms with E-state index in [4.69, 9.17) is 4.74 Å². The summed E-state index contributed by atoms with van der Waals surface area (Å²) >= 11 is 0. The number of carbonyl (C=O) groups excluding carboxylic acids is 2. The summed E-state index contributed by atoms with van der Waals surface area (Å²) in [5.41, 5.74) is 0.217. The van der Waals surface area contributed by atoms with Crippen LogP contribution >= 0.6 is 0 Å². The summed E-state index contributed by atoms with van der Waals surface area (Å²) in [5.74, 6) is -0.137. The number of halogens is 1. The maximum absolute atomic E-state index is 13.2. The van der Waals surface area contributed by atoms with E-state index in [2.05, 4.69) is 15.5 Å². The summed E-state index contributed by atoms with van der Waals surface area (Å²) in [7, 11) is 0. The molecule has 0 spiro atoms. The Kier molecular flexibility index (Phi) is 7.94. The zero-order valence-electron chi connectivity index (χ0n) is 20.9. The molecule has 2 heterocycles. The summed E-state index contributed by atoms with van der Waals surface area (Å²) in [5, 5.41) is 21.3. The third kappa shape index (κ3) is 6.88. The predicted octanol–water partition coefficient (Wildman–Crippen LogP) is 3.06. The van der Waals surface area contributed by atoms with Crippen molar-refractivity contribution in [2.75, 3.05) is 38.1 Å². The lowest BCUT2D eigenvalue weighted by atomic mass is 9.84. The fourth-order valence-corrected chi connectivity index (χ4v) is 3.77. The molecule has 35 heavy (non-hydrogen) atoms. The number of piperazine rings is 1. The van der Waals surface area contributed by atoms with Gasteiger partial charge in [0.25, 0.3) is 5.91 Å². The number of nitrogens with one attached hydrogen (secondary N) is 1. The molecule has 2 amide bonds. The minimum Gasteiger partial charge on any atom is -0.444 e. The number of aromatic nitrogens is 2. The molecule has 1 aliphatic rings. The minimum absolute atomic E-state index is 0.150. The van der Waals surface area contributed by atoms with E-state index in [1.807, 2.05) is 13.8 Å². The highest BCUT2D eigenvalue weighted by Crippen LogP contribution is 2.24. The molecule has 2 aromatic rings. The van der Waals surface area contributed by atoms with Crippen LogP contribution in [-0.4, -0.2) is 81.5 Å². The Hall–Kier alpha value is -3.27. The number of benzene rings is 1. The Bertz CT molecular complexity index is 1020. The second kappa shape index (κ2) is 10.6. The van der Waals surface area contributed by atoms with Crippen molar-refractivity contribution in [1.29, 1.82) is 0 Å². The van der Waals surface area contributed by atoms with Crippen molar-refractivity contribution >= 4 is 17.8 Å². The average molecular weight is 488 g/mol. The number of hydrogen-bond acceptors (Lipinski definition) is 7. The maximum atomic E-state index is 13.2. The molecule has 10 heteroatoms. The van der Waals surface area contributed by atoms with Crippen molar-refractivity contribution in [2.24, 2.45) is 0 Å². The van der Waals surface area contributed by atoms with Crippen LogP contribution in [0.2, 0.25) is 0 Å². The number of rotatable bonds is 6. The van der Waals surface area contributed by atoms with Crippen molar-refractivity contribution in [3.05, 3.63) is 53.5 Å². The number of aliphatic hydroxyl groups excluding tert-OH is 1. The number of ether oxygens (including phenoxy) is 1. The van der Waals surface area contributed by atoms with E-state index in [-0.39, 0.29) is 42.5 Å². The van der Waals surface area contributed by atoms with E-state index in [0.29, 0.717) is 18.9 Å². The SMILES string of the molecule is CC(C)(C)OC(=O)N1CCN(C(=O)c2ccc(NCC(C)(C)c3ccc(F)cc3)nn2)C(CO)C1. The normalized spacial score (nSPS) is 16.7. The standard InChI is InChI=1S/C25H34FN5O4/c1-24(2,3)35-23(34)30-12-13-31(19(14-30)15-32)22(33)20-10-11-21(29-28-20)27-16-25(4,5)17-6-8-18(26)9-7-17/h6-11,19,32H,12-16H2,1-5H3,(H,27,29). The van der Waals surface area contributed by atoms with Crippen LogP contribution in [0.15, 0.2) is 36.4 Å². The number of nitrogens with zero attached hydrogens (tertiary/aromatic N) is 4. The van der Waals surface area contributed by atoms with Crippen LogP contribution in [0.4, 0.5) is 15.0 Å². The summed E-state index contributed by atoms with van der Waals surface area (Å²) in [4.78, 5) is 28.4. The molecule has 1 aromatic heterocycles. The molecular formula is C25H34FN5O4. The Morgan fingerprint density at radius 2 is 1.77 bits per heavy atom. The Labute approximate surface area is 205 Å². The molecule has 1 aromatic carbocycles. The molecule has 2 N–H and O–H groups in total. The van der Waals surface area contributed by atoms with Gasteiger partial charge in [0.05, 0.1) is 12.6 Å². The van der Waals surface area contributed by atoms with Crippen molar-refractivity contribution in [2.45, 2.75) is 51.7 Å². The van der Waals surface area contributed by atoms with Gasteiger partial charge in [-0.15, -0.1) is 10.2 Å². The highest BCUT2D eigenvalue weighted by atomic mass is 19.1. The Morgan fingerprint density at radius 3 is 2.34 bits per heavy atom. The first-order chi connectivity index (χ1) is 16.4. The van der Waals surface area contributed by atoms with Crippen LogP contribution in [0.5, 0.6) is 0 Å². The number of hydrogen-bond donors (Lipinski definition) is 2. The fraction of sp³-hybridized carbons (Fsp3) is 0.520. The van der Waals surface area contributed by atoms with Crippen LogP contribution in [0.3, 0.4) is 0 Å². The first-order valence-electron chi connectivity index (χ1n) is 11.6. The Balaban J connectivity index is 1.60. The van der Waals surface area contributed by atoms with Crippen molar-refractivity contribution in [1.82, 2.24) is 20.0 Å². The molecule has 1 atom stereocenters. The van der Waals surface area contributed by atoms with Gasteiger partial charge < -0.3 is 25.0 Å². The monoisotopic (exact) mass is 487 g/mol. The molecule has 1 saturated heterocycles. The van der Waals surface area contributed by atoms with Gasteiger partial charge in [-0.3, -0.25) is 4.79 Å². The first-order valence-corrected chi connectivity index (χ1v) is 11.6. The van der Waals surface area contributed by atoms with Gasteiger partial charge in [-0.05, 0) is 50.6 Å². The molecule has 9 nitrogen and oxygen atoms in total. The number of carbonyl (C=O) groups is 2. The third-order valence-electron chi connectivity index (χ3n) is 5.83. The molecule has 0 saturated carbocycles. The van der Waals surface area contributed by atoms with Crippen molar-refractivity contribution in [3.63, 3.8) is 0 Å². The zero-order chi connectivity index (χ0) is 25.8. The predicted molar refractivity (Wildman–Crippen MR) is 130 cm³/mol. The van der Waals surface area contributed by atoms with Crippen molar-refractivity contribution in [3.8, 4) is 0 Å². The summed E-state index contributed by atoms with van der Waals surface area (Å²) in [6, 6.07) is 9.06. The zero-order valence-corrected chi connectivity index (χ0v) is 20.9. The topological polar surface area (TPSA) is 108 Å². The molecule has 0 bridgehead atoms. The van der Waals surface area contributed by atoms with Crippen LogP contribution < -0.4 is 5.32 Å². The van der Waals surface area contributed by atoms with Gasteiger partial charge in [0, 0.05) is 31.6 Å². The minimum atomic E-state index is -0.627. The first kappa shape index (κ1) is 26.3. The van der Waals surface area contributed by atoms with Gasteiger partial charge >= 0.3 is 6.09 Å². The number of anilines is 1. The van der Waals surface area contributed by atoms with E-state index in [1.54, 1.807) is 45.0 Å². The van der Waals surface area contributed by atoms with Crippen LogP contribution in [0, 0.1) is 5.82 Å². The third-order valence-corrected chi connectivity index (χ3v) is 5.83. The quantitative estimate of drug-likeness (QED) is 0.645. The molecule has 190 valence electrons. The summed E-state index contributed by atoms with van der Waals surface area (Å²) in [6.45, 7) is 10.4. The van der Waals surface area contributed by atoms with Gasteiger partial charge in [-0.2, -0.15) is 0 Å². The van der Waals surface area contributed by atoms with E-state index < -0.39 is 17.7 Å². The second-order valence-corrected chi connectivity index (χ2v) is 10.3. The lowest BCUT2D eigenvalue weighted by Gasteiger charge is -2.40. The average Bonchev–Trinajstić information content (AvgIpc) is 2.81. The molecule has 1 unspecified atom stereocenters. The summed E-state index contributed by atoms with van der Waals surface area (Å²) in [6.07, 6.45) is -0.471. The molecule has 0 radical (unpaired) electrons. The summed E-state index contributed by atoms with van der Waals surface area (Å²) < 4.78 is 18.6. The van der Waals surface area contributed by atoms with E-state index in [0.717, 1.165) is 5.56 Å². The van der Waals surface area contributed by atoms with E-state index in [9.17, 15) is 19.1 Å². The van der Waals surface area contributed by atoms with Gasteiger partial charge in [-0.25, -0.2) is 9.18 Å². The second-order valence-electron chi connectivity index (χ2n) is 10.3. The van der Waals surface area contributed by atoms with Crippen LogP contribution in [0.1, 0.15) is 50.7 Å². The number of aliphatic hydroxyl groups is 1. The molecule has 3 rings (SSSR count). The smallest absolute Gasteiger partial charge is 0.410 e. The van der Waals surface area contributed by atoms with E-state index in [1.165, 1.54) is 21.9 Å². The van der Waals surface area contributed by atoms with Crippen LogP contribution in [-0.2, 0) is 10.2 Å². The highest BCUT2D eigenvalue weighted by Gasteiger charge is 2.35. The lowest BCUT2D eigenvalue weighted by molar-refractivity contribution is -0.00259. The molecular weight excluding hydrogens is 453 g/mol. The lowest BCUT2D eigenvalue weighted by Crippen LogP contribution is -2.58. The largest absolute Gasteiger partial charge is 0.444 e. The Morgan fingerprint density at radius 1 is 1.09 bits per heavy atom. The number of amides is 2. The molecule has 0 aliphatic carbocycles. The molecule has 1 aliphatic heterocycles.